The first-order chi connectivity index (χ1) is 7.28. The molecule has 0 aliphatic heterocycles. The number of nitrogens with one attached hydrogen (secondary N) is 1. The minimum absolute atomic E-state index is 0.0235. The van der Waals surface area contributed by atoms with E-state index in [2.05, 4.69) is 5.32 Å². The molecule has 1 amide bonds. The van der Waals surface area contributed by atoms with Crippen molar-refractivity contribution in [1.82, 2.24) is 5.32 Å². The number of Topliss-reactive ketones (excluding diaryl/α,β-unsaturated/α-hetero) is 1. The van der Waals surface area contributed by atoms with E-state index in [0.717, 1.165) is 25.7 Å². The molecular formula is C13H23NO2. The summed E-state index contributed by atoms with van der Waals surface area (Å²) in [6.45, 7) is 7.21. The van der Waals surface area contributed by atoms with Gasteiger partial charge in [0.25, 0.3) is 0 Å². The number of amides is 1. The molecule has 3 nitrogen and oxygen atoms in total. The molecule has 0 aromatic heterocycles. The summed E-state index contributed by atoms with van der Waals surface area (Å²) in [5.74, 6) is 0.0781. The highest BCUT2D eigenvalue weighted by molar-refractivity contribution is 5.92. The summed E-state index contributed by atoms with van der Waals surface area (Å²) in [5.41, 5.74) is -1.01. The van der Waals surface area contributed by atoms with Gasteiger partial charge in [-0.1, -0.05) is 40.0 Å². The second-order valence-corrected chi connectivity index (χ2v) is 5.90. The van der Waals surface area contributed by atoms with Crippen molar-refractivity contribution in [2.75, 3.05) is 0 Å². The van der Waals surface area contributed by atoms with Crippen LogP contribution in [0.4, 0.5) is 0 Å². The fourth-order valence-electron chi connectivity index (χ4n) is 2.13. The zero-order valence-electron chi connectivity index (χ0n) is 10.9. The lowest BCUT2D eigenvalue weighted by molar-refractivity contribution is -0.136. The van der Waals surface area contributed by atoms with Gasteiger partial charge >= 0.3 is 0 Å². The number of hydrogen-bond donors (Lipinski definition) is 1. The van der Waals surface area contributed by atoms with E-state index >= 15 is 0 Å². The third kappa shape index (κ3) is 2.83. The number of carbonyl (C=O) groups excluding carboxylic acids is 2. The Balaban J connectivity index is 2.79. The molecule has 0 aromatic rings. The lowest BCUT2D eigenvalue weighted by Gasteiger charge is -2.37. The molecule has 0 heterocycles. The molecule has 0 spiro atoms. The Hall–Kier alpha value is -0.860. The van der Waals surface area contributed by atoms with Crippen LogP contribution < -0.4 is 5.32 Å². The molecule has 0 saturated heterocycles. The molecule has 1 N–H and O–H groups in total. The first-order valence-electron chi connectivity index (χ1n) is 6.12. The standard InChI is InChI=1S/C13H23NO2/c1-10(15)13(8-6-5-7-9-13)14-11(16)12(2,3)4/h5-9H2,1-4H3,(H,14,16). The van der Waals surface area contributed by atoms with E-state index in [4.69, 9.17) is 0 Å². The van der Waals surface area contributed by atoms with Crippen LogP contribution in [0, 0.1) is 5.41 Å². The van der Waals surface area contributed by atoms with Crippen LogP contribution in [-0.4, -0.2) is 17.2 Å². The topological polar surface area (TPSA) is 46.2 Å². The molecule has 0 bridgehead atoms. The number of carbonyl (C=O) groups is 2. The van der Waals surface area contributed by atoms with E-state index < -0.39 is 11.0 Å². The van der Waals surface area contributed by atoms with Gasteiger partial charge in [0.2, 0.25) is 5.91 Å². The Bertz CT molecular complexity index is 283. The van der Waals surface area contributed by atoms with Gasteiger partial charge in [-0.05, 0) is 19.8 Å². The summed E-state index contributed by atoms with van der Waals surface area (Å²) in [7, 11) is 0. The van der Waals surface area contributed by atoms with Gasteiger partial charge in [0.05, 0.1) is 5.54 Å². The first-order valence-corrected chi connectivity index (χ1v) is 6.12. The number of hydrogen-bond acceptors (Lipinski definition) is 2. The highest BCUT2D eigenvalue weighted by Gasteiger charge is 2.39. The Morgan fingerprint density at radius 2 is 1.56 bits per heavy atom. The van der Waals surface area contributed by atoms with E-state index in [1.165, 1.54) is 6.42 Å². The van der Waals surface area contributed by atoms with Gasteiger partial charge in [-0.25, -0.2) is 0 Å². The molecule has 1 aliphatic rings. The Kier molecular flexibility index (Phi) is 3.76. The van der Waals surface area contributed by atoms with Crippen molar-refractivity contribution in [3.63, 3.8) is 0 Å². The summed E-state index contributed by atoms with van der Waals surface area (Å²) >= 11 is 0. The average molecular weight is 225 g/mol. The van der Waals surface area contributed by atoms with Crippen LogP contribution in [0.2, 0.25) is 0 Å². The summed E-state index contributed by atoms with van der Waals surface area (Å²) in [6, 6.07) is 0. The normalized spacial score (nSPS) is 20.2. The smallest absolute Gasteiger partial charge is 0.226 e. The molecule has 1 fully saturated rings. The maximum atomic E-state index is 12.0. The average Bonchev–Trinajstić information content (AvgIpc) is 2.17. The van der Waals surface area contributed by atoms with Crippen LogP contribution in [-0.2, 0) is 9.59 Å². The van der Waals surface area contributed by atoms with E-state index in [1.54, 1.807) is 6.92 Å². The van der Waals surface area contributed by atoms with E-state index in [0.29, 0.717) is 0 Å². The molecule has 92 valence electrons. The summed E-state index contributed by atoms with van der Waals surface area (Å²) in [4.78, 5) is 23.7. The van der Waals surface area contributed by atoms with Crippen molar-refractivity contribution >= 4 is 11.7 Å². The van der Waals surface area contributed by atoms with E-state index in [9.17, 15) is 9.59 Å². The van der Waals surface area contributed by atoms with Gasteiger partial charge < -0.3 is 5.32 Å². The van der Waals surface area contributed by atoms with Gasteiger partial charge in [0, 0.05) is 5.41 Å². The van der Waals surface area contributed by atoms with Gasteiger partial charge in [-0.3, -0.25) is 9.59 Å². The zero-order chi connectivity index (χ0) is 12.4. The molecular weight excluding hydrogens is 202 g/mol. The SMILES string of the molecule is CC(=O)C1(NC(=O)C(C)(C)C)CCCCC1. The molecule has 1 saturated carbocycles. The molecule has 0 unspecified atom stereocenters. The molecule has 16 heavy (non-hydrogen) atoms. The molecule has 3 heteroatoms. The van der Waals surface area contributed by atoms with Crippen molar-refractivity contribution in [3.8, 4) is 0 Å². The van der Waals surface area contributed by atoms with Crippen molar-refractivity contribution < 1.29 is 9.59 Å². The molecule has 0 aromatic carbocycles. The number of rotatable bonds is 2. The van der Waals surface area contributed by atoms with Gasteiger partial charge in [-0.15, -0.1) is 0 Å². The van der Waals surface area contributed by atoms with Crippen LogP contribution in [0.25, 0.3) is 0 Å². The van der Waals surface area contributed by atoms with Crippen LogP contribution in [0.15, 0.2) is 0 Å². The van der Waals surface area contributed by atoms with E-state index in [-0.39, 0.29) is 11.7 Å². The lowest BCUT2D eigenvalue weighted by atomic mass is 9.78. The predicted molar refractivity (Wildman–Crippen MR) is 64.1 cm³/mol. The maximum Gasteiger partial charge on any atom is 0.226 e. The third-order valence-corrected chi connectivity index (χ3v) is 3.42. The predicted octanol–water partition coefficient (Wildman–Crippen LogP) is 2.44. The largest absolute Gasteiger partial charge is 0.343 e. The second-order valence-electron chi connectivity index (χ2n) is 5.90. The first kappa shape index (κ1) is 13.2. The highest BCUT2D eigenvalue weighted by atomic mass is 16.2. The quantitative estimate of drug-likeness (QED) is 0.784. The Morgan fingerprint density at radius 3 is 1.94 bits per heavy atom. The molecule has 0 radical (unpaired) electrons. The van der Waals surface area contributed by atoms with Crippen LogP contribution in [0.1, 0.15) is 59.8 Å². The van der Waals surface area contributed by atoms with Crippen LogP contribution >= 0.6 is 0 Å². The molecule has 0 atom stereocenters. The number of ketones is 1. The Morgan fingerprint density at radius 1 is 1.06 bits per heavy atom. The van der Waals surface area contributed by atoms with Crippen molar-refractivity contribution in [2.45, 2.75) is 65.3 Å². The van der Waals surface area contributed by atoms with Gasteiger partial charge in [0.15, 0.2) is 5.78 Å². The second kappa shape index (κ2) is 4.56. The molecule has 1 aliphatic carbocycles. The summed E-state index contributed by atoms with van der Waals surface area (Å²) < 4.78 is 0. The third-order valence-electron chi connectivity index (χ3n) is 3.42. The van der Waals surface area contributed by atoms with Crippen molar-refractivity contribution in [3.05, 3.63) is 0 Å². The zero-order valence-corrected chi connectivity index (χ0v) is 10.9. The summed E-state index contributed by atoms with van der Waals surface area (Å²) in [5, 5.41) is 2.98. The van der Waals surface area contributed by atoms with Crippen molar-refractivity contribution in [2.24, 2.45) is 5.41 Å². The van der Waals surface area contributed by atoms with Crippen LogP contribution in [0.3, 0.4) is 0 Å². The molecule has 1 rings (SSSR count). The minimum Gasteiger partial charge on any atom is -0.343 e. The fraction of sp³-hybridized carbons (Fsp3) is 0.846. The Labute approximate surface area is 98.0 Å². The van der Waals surface area contributed by atoms with Gasteiger partial charge in [0.1, 0.15) is 0 Å². The lowest BCUT2D eigenvalue weighted by Crippen LogP contribution is -2.57. The van der Waals surface area contributed by atoms with Gasteiger partial charge in [-0.2, -0.15) is 0 Å². The summed E-state index contributed by atoms with van der Waals surface area (Å²) in [6.07, 6.45) is 4.82. The van der Waals surface area contributed by atoms with Crippen LogP contribution in [0.5, 0.6) is 0 Å². The highest BCUT2D eigenvalue weighted by Crippen LogP contribution is 2.30. The minimum atomic E-state index is -0.581. The monoisotopic (exact) mass is 225 g/mol. The fourth-order valence-corrected chi connectivity index (χ4v) is 2.13. The van der Waals surface area contributed by atoms with Crippen molar-refractivity contribution in [1.29, 1.82) is 0 Å². The maximum absolute atomic E-state index is 12.0. The van der Waals surface area contributed by atoms with E-state index in [1.807, 2.05) is 20.8 Å².